The van der Waals surface area contributed by atoms with Crippen LogP contribution in [0.3, 0.4) is 0 Å². The maximum atomic E-state index is 12.8. The largest absolute Gasteiger partial charge is 0.395 e. The molecule has 0 radical (unpaired) electrons. The first kappa shape index (κ1) is 18.2. The normalized spacial score (nSPS) is 21.1. The number of hydrogen-bond acceptors (Lipinski definition) is 3. The van der Waals surface area contributed by atoms with Gasteiger partial charge in [-0.25, -0.2) is 4.79 Å². The second-order valence-electron chi connectivity index (χ2n) is 7.47. The van der Waals surface area contributed by atoms with Crippen LogP contribution >= 0.6 is 0 Å². The summed E-state index contributed by atoms with van der Waals surface area (Å²) in [6.45, 7) is 6.68. The quantitative estimate of drug-likeness (QED) is 0.798. The minimum Gasteiger partial charge on any atom is -0.395 e. The highest BCUT2D eigenvalue weighted by Crippen LogP contribution is 2.35. The van der Waals surface area contributed by atoms with E-state index in [4.69, 9.17) is 0 Å². The molecule has 5 heteroatoms. The first-order valence-corrected chi connectivity index (χ1v) is 9.64. The molecule has 2 unspecified atom stereocenters. The number of carbonyl (C=O) groups excluding carboxylic acids is 1. The van der Waals surface area contributed by atoms with Crippen LogP contribution in [0.2, 0.25) is 0 Å². The lowest BCUT2D eigenvalue weighted by Gasteiger charge is -2.30. The summed E-state index contributed by atoms with van der Waals surface area (Å²) in [6.07, 6.45) is 4.53. The Morgan fingerprint density at radius 1 is 1.36 bits per heavy atom. The monoisotopic (exact) mass is 345 g/mol. The average molecular weight is 345 g/mol. The van der Waals surface area contributed by atoms with E-state index in [1.807, 2.05) is 11.0 Å². The van der Waals surface area contributed by atoms with Crippen LogP contribution in [-0.2, 0) is 6.42 Å². The van der Waals surface area contributed by atoms with Crippen LogP contribution in [0.15, 0.2) is 24.3 Å². The Kier molecular flexibility index (Phi) is 6.32. The standard InChI is InChI=1S/C20H31N3O2/c1-16(15-22-10-4-5-11-22)14-21-20(25)23(12-13-24)19-9-8-17-6-2-3-7-18(17)19/h2-3,6-7,16,19,24H,4-5,8-15H2,1H3,(H,21,25). The lowest BCUT2D eigenvalue weighted by atomic mass is 10.1. The lowest BCUT2D eigenvalue weighted by molar-refractivity contribution is 0.149. The van der Waals surface area contributed by atoms with E-state index in [1.54, 1.807) is 0 Å². The molecule has 0 saturated carbocycles. The smallest absolute Gasteiger partial charge is 0.318 e. The SMILES string of the molecule is CC(CNC(=O)N(CCO)C1CCc2ccccc21)CN1CCCC1. The van der Waals surface area contributed by atoms with Gasteiger partial charge in [0.1, 0.15) is 0 Å². The maximum absolute atomic E-state index is 12.8. The number of hydrogen-bond donors (Lipinski definition) is 2. The number of amides is 2. The third kappa shape index (κ3) is 4.53. The van der Waals surface area contributed by atoms with Crippen molar-refractivity contribution in [2.24, 2.45) is 5.92 Å². The molecule has 1 aliphatic carbocycles. The van der Waals surface area contributed by atoms with Gasteiger partial charge >= 0.3 is 6.03 Å². The highest BCUT2D eigenvalue weighted by molar-refractivity contribution is 5.75. The number of aliphatic hydroxyl groups excluding tert-OH is 1. The molecule has 138 valence electrons. The number of aryl methyl sites for hydroxylation is 1. The van der Waals surface area contributed by atoms with E-state index < -0.39 is 0 Å². The molecule has 1 aromatic rings. The van der Waals surface area contributed by atoms with Crippen molar-refractivity contribution in [2.45, 2.75) is 38.6 Å². The van der Waals surface area contributed by atoms with Gasteiger partial charge in [0.25, 0.3) is 0 Å². The predicted molar refractivity (Wildman–Crippen MR) is 99.5 cm³/mol. The van der Waals surface area contributed by atoms with Crippen molar-refractivity contribution in [3.8, 4) is 0 Å². The molecule has 1 aromatic carbocycles. The molecule has 2 N–H and O–H groups in total. The molecule has 1 fully saturated rings. The topological polar surface area (TPSA) is 55.8 Å². The summed E-state index contributed by atoms with van der Waals surface area (Å²) in [5.74, 6) is 0.439. The Bertz CT molecular complexity index is 572. The molecule has 0 bridgehead atoms. The van der Waals surface area contributed by atoms with E-state index in [-0.39, 0.29) is 18.7 Å². The molecule has 2 atom stereocenters. The second-order valence-corrected chi connectivity index (χ2v) is 7.47. The van der Waals surface area contributed by atoms with Crippen LogP contribution in [0.1, 0.15) is 43.4 Å². The predicted octanol–water partition coefficient (Wildman–Crippen LogP) is 2.41. The molecule has 1 heterocycles. The summed E-state index contributed by atoms with van der Waals surface area (Å²) in [4.78, 5) is 17.1. The fraction of sp³-hybridized carbons (Fsp3) is 0.650. The minimum atomic E-state index is -0.0518. The van der Waals surface area contributed by atoms with Crippen molar-refractivity contribution in [3.05, 3.63) is 35.4 Å². The van der Waals surface area contributed by atoms with Gasteiger partial charge in [-0.2, -0.15) is 0 Å². The molecule has 0 spiro atoms. The fourth-order valence-corrected chi connectivity index (χ4v) is 4.20. The third-order valence-electron chi connectivity index (χ3n) is 5.45. The van der Waals surface area contributed by atoms with Gasteiger partial charge in [-0.05, 0) is 55.8 Å². The lowest BCUT2D eigenvalue weighted by Crippen LogP contribution is -2.45. The van der Waals surface area contributed by atoms with Gasteiger partial charge in [0, 0.05) is 19.6 Å². The summed E-state index contributed by atoms with van der Waals surface area (Å²) < 4.78 is 0. The van der Waals surface area contributed by atoms with Crippen LogP contribution in [0.4, 0.5) is 4.79 Å². The number of carbonyl (C=O) groups is 1. The van der Waals surface area contributed by atoms with Gasteiger partial charge in [-0.3, -0.25) is 0 Å². The van der Waals surface area contributed by atoms with E-state index in [0.717, 1.165) is 19.4 Å². The minimum absolute atomic E-state index is 0.00455. The van der Waals surface area contributed by atoms with E-state index in [9.17, 15) is 9.90 Å². The number of nitrogens with zero attached hydrogens (tertiary/aromatic N) is 2. The number of rotatable bonds is 7. The molecule has 3 rings (SSSR count). The zero-order valence-electron chi connectivity index (χ0n) is 15.3. The Hall–Kier alpha value is -1.59. The third-order valence-corrected chi connectivity index (χ3v) is 5.45. The Labute approximate surface area is 151 Å². The number of fused-ring (bicyclic) bond motifs is 1. The molecular formula is C20H31N3O2. The van der Waals surface area contributed by atoms with Crippen molar-refractivity contribution >= 4 is 6.03 Å². The van der Waals surface area contributed by atoms with Crippen LogP contribution in [0.25, 0.3) is 0 Å². The molecule has 2 aliphatic rings. The number of aliphatic hydroxyl groups is 1. The summed E-state index contributed by atoms with van der Waals surface area (Å²) in [6, 6.07) is 8.37. The van der Waals surface area contributed by atoms with Crippen LogP contribution in [0.5, 0.6) is 0 Å². The Morgan fingerprint density at radius 2 is 2.12 bits per heavy atom. The van der Waals surface area contributed by atoms with Crippen molar-refractivity contribution in [3.63, 3.8) is 0 Å². The Balaban J connectivity index is 1.56. The second kappa shape index (κ2) is 8.68. The van der Waals surface area contributed by atoms with E-state index in [2.05, 4.69) is 35.3 Å². The average Bonchev–Trinajstić information content (AvgIpc) is 3.27. The molecule has 0 aromatic heterocycles. The van der Waals surface area contributed by atoms with Crippen LogP contribution < -0.4 is 5.32 Å². The van der Waals surface area contributed by atoms with Crippen molar-refractivity contribution in [1.82, 2.24) is 15.1 Å². The van der Waals surface area contributed by atoms with Crippen LogP contribution in [0, 0.1) is 5.92 Å². The molecule has 1 saturated heterocycles. The number of benzene rings is 1. The summed E-state index contributed by atoms with van der Waals surface area (Å²) in [5.41, 5.74) is 2.56. The van der Waals surface area contributed by atoms with E-state index >= 15 is 0 Å². The maximum Gasteiger partial charge on any atom is 0.318 e. The first-order valence-electron chi connectivity index (χ1n) is 9.64. The van der Waals surface area contributed by atoms with Gasteiger partial charge in [0.05, 0.1) is 12.6 Å². The van der Waals surface area contributed by atoms with Crippen molar-refractivity contribution < 1.29 is 9.90 Å². The van der Waals surface area contributed by atoms with Gasteiger partial charge in [0.2, 0.25) is 0 Å². The number of urea groups is 1. The highest BCUT2D eigenvalue weighted by Gasteiger charge is 2.30. The summed E-state index contributed by atoms with van der Waals surface area (Å²) in [5, 5.41) is 12.5. The number of nitrogens with one attached hydrogen (secondary N) is 1. The zero-order chi connectivity index (χ0) is 17.6. The van der Waals surface area contributed by atoms with Crippen molar-refractivity contribution in [2.75, 3.05) is 39.3 Å². The van der Waals surface area contributed by atoms with Gasteiger partial charge in [0.15, 0.2) is 0 Å². The Morgan fingerprint density at radius 3 is 2.88 bits per heavy atom. The van der Waals surface area contributed by atoms with E-state index in [0.29, 0.717) is 19.0 Å². The molecule has 25 heavy (non-hydrogen) atoms. The zero-order valence-corrected chi connectivity index (χ0v) is 15.3. The molecule has 1 aliphatic heterocycles. The van der Waals surface area contributed by atoms with Crippen LogP contribution in [-0.4, -0.2) is 60.3 Å². The molecule has 5 nitrogen and oxygen atoms in total. The summed E-state index contributed by atoms with van der Waals surface area (Å²) in [7, 11) is 0. The fourth-order valence-electron chi connectivity index (χ4n) is 4.20. The van der Waals surface area contributed by atoms with E-state index in [1.165, 1.54) is 37.1 Å². The first-order chi connectivity index (χ1) is 12.2. The van der Waals surface area contributed by atoms with Gasteiger partial charge < -0.3 is 20.2 Å². The van der Waals surface area contributed by atoms with Crippen molar-refractivity contribution in [1.29, 1.82) is 0 Å². The highest BCUT2D eigenvalue weighted by atomic mass is 16.3. The molecule has 2 amide bonds. The van der Waals surface area contributed by atoms with Gasteiger partial charge in [-0.1, -0.05) is 31.2 Å². The number of likely N-dealkylation sites (tertiary alicyclic amines) is 1. The van der Waals surface area contributed by atoms with Gasteiger partial charge in [-0.15, -0.1) is 0 Å². The summed E-state index contributed by atoms with van der Waals surface area (Å²) >= 11 is 0. The molecular weight excluding hydrogens is 314 g/mol.